The summed E-state index contributed by atoms with van der Waals surface area (Å²) >= 11 is 1.53. The first kappa shape index (κ1) is 29.0. The van der Waals surface area contributed by atoms with Gasteiger partial charge in [-0.2, -0.15) is 5.10 Å². The summed E-state index contributed by atoms with van der Waals surface area (Å²) in [6, 6.07) is 24.0. The SMILES string of the molecule is COc1ccccc1[C@@H]1SCC(=O)N(CC(=O)NC[C@@H]2CCCO2)c2c1c(-c1ccccc1)nn2-c1cccc(C)c1C. The van der Waals surface area contributed by atoms with E-state index >= 15 is 0 Å². The number of thioether (sulfide) groups is 1. The predicted octanol–water partition coefficient (Wildman–Crippen LogP) is 5.63. The van der Waals surface area contributed by atoms with E-state index in [0.29, 0.717) is 19.0 Å². The lowest BCUT2D eigenvalue weighted by atomic mass is 9.98. The Bertz CT molecular complexity index is 1630. The highest BCUT2D eigenvalue weighted by Crippen LogP contribution is 2.50. The summed E-state index contributed by atoms with van der Waals surface area (Å²) in [5.74, 6) is 1.15. The number of aromatic nitrogens is 2. The number of rotatable bonds is 8. The molecule has 1 fully saturated rings. The zero-order valence-corrected chi connectivity index (χ0v) is 25.5. The van der Waals surface area contributed by atoms with Crippen molar-refractivity contribution in [2.45, 2.75) is 38.0 Å². The van der Waals surface area contributed by atoms with Crippen molar-refractivity contribution < 1.29 is 19.1 Å². The van der Waals surface area contributed by atoms with Crippen molar-refractivity contribution in [1.29, 1.82) is 0 Å². The molecule has 6 rings (SSSR count). The minimum atomic E-state index is -0.274. The second-order valence-corrected chi connectivity index (χ2v) is 12.0. The van der Waals surface area contributed by atoms with Crippen molar-refractivity contribution in [2.75, 3.05) is 37.5 Å². The fourth-order valence-corrected chi connectivity index (χ4v) is 7.05. The highest BCUT2D eigenvalue weighted by atomic mass is 32.2. The summed E-state index contributed by atoms with van der Waals surface area (Å²) in [4.78, 5) is 29.0. The van der Waals surface area contributed by atoms with Gasteiger partial charge in [0.1, 0.15) is 18.1 Å². The zero-order chi connectivity index (χ0) is 29.9. The first-order chi connectivity index (χ1) is 21.0. The van der Waals surface area contributed by atoms with E-state index in [1.54, 1.807) is 12.0 Å². The minimum absolute atomic E-state index is 0.00924. The third-order valence-corrected chi connectivity index (χ3v) is 9.45. The molecule has 2 atom stereocenters. The highest BCUT2D eigenvalue weighted by Gasteiger charge is 2.39. The summed E-state index contributed by atoms with van der Waals surface area (Å²) in [7, 11) is 1.66. The fourth-order valence-electron chi connectivity index (χ4n) is 5.82. The molecule has 1 aromatic heterocycles. The third kappa shape index (κ3) is 5.79. The summed E-state index contributed by atoms with van der Waals surface area (Å²) in [5.41, 5.74) is 6.54. The standard InChI is InChI=1S/C34H36N4O4S/c1-22-11-9-16-27(23(22)2)38-34-31(32(36-38)24-12-5-4-6-13-24)33(26-15-7-8-17-28(26)41-3)43-21-30(40)37(34)20-29(39)35-19-25-14-10-18-42-25/h4-9,11-13,15-17,25,33H,10,14,18-21H2,1-3H3,(H,35,39)/t25-,33-/m0/s1. The molecule has 43 heavy (non-hydrogen) atoms. The molecule has 0 unspecified atom stereocenters. The van der Waals surface area contributed by atoms with Crippen molar-refractivity contribution in [2.24, 2.45) is 0 Å². The average Bonchev–Trinajstić information content (AvgIpc) is 3.67. The first-order valence-electron chi connectivity index (χ1n) is 14.6. The van der Waals surface area contributed by atoms with Crippen LogP contribution < -0.4 is 15.0 Å². The van der Waals surface area contributed by atoms with Crippen molar-refractivity contribution in [3.8, 4) is 22.7 Å². The normalized spacial score (nSPS) is 18.3. The molecule has 0 radical (unpaired) electrons. The Labute approximate surface area is 256 Å². The molecular formula is C34H36N4O4S. The molecule has 2 aliphatic rings. The van der Waals surface area contributed by atoms with Crippen LogP contribution in [-0.2, 0) is 14.3 Å². The van der Waals surface area contributed by atoms with E-state index in [9.17, 15) is 9.59 Å². The molecule has 3 aromatic carbocycles. The number of amides is 2. The molecule has 1 N–H and O–H groups in total. The number of anilines is 1. The van der Waals surface area contributed by atoms with Crippen LogP contribution in [0.2, 0.25) is 0 Å². The van der Waals surface area contributed by atoms with Gasteiger partial charge in [-0.05, 0) is 49.9 Å². The van der Waals surface area contributed by atoms with Crippen molar-refractivity contribution in [1.82, 2.24) is 15.1 Å². The Morgan fingerprint density at radius 2 is 1.86 bits per heavy atom. The summed E-state index contributed by atoms with van der Waals surface area (Å²) in [6.07, 6.45) is 1.92. The number of carbonyl (C=O) groups excluding carboxylic acids is 2. The maximum atomic E-state index is 14.0. The topological polar surface area (TPSA) is 85.7 Å². The first-order valence-corrected chi connectivity index (χ1v) is 15.7. The van der Waals surface area contributed by atoms with Crippen LogP contribution in [0, 0.1) is 13.8 Å². The number of hydrogen-bond acceptors (Lipinski definition) is 6. The van der Waals surface area contributed by atoms with Crippen LogP contribution in [0.15, 0.2) is 72.8 Å². The Morgan fingerprint density at radius 3 is 2.63 bits per heavy atom. The van der Waals surface area contributed by atoms with E-state index in [-0.39, 0.29) is 35.5 Å². The number of ether oxygens (including phenoxy) is 2. The van der Waals surface area contributed by atoms with E-state index in [1.165, 1.54) is 11.8 Å². The summed E-state index contributed by atoms with van der Waals surface area (Å²) < 4.78 is 13.4. The van der Waals surface area contributed by atoms with Crippen LogP contribution in [-0.4, -0.2) is 60.3 Å². The number of aryl methyl sites for hydroxylation is 1. The van der Waals surface area contributed by atoms with Crippen LogP contribution in [0.1, 0.15) is 40.3 Å². The van der Waals surface area contributed by atoms with Gasteiger partial charge >= 0.3 is 0 Å². The van der Waals surface area contributed by atoms with Gasteiger partial charge in [-0.15, -0.1) is 11.8 Å². The monoisotopic (exact) mass is 596 g/mol. The third-order valence-electron chi connectivity index (χ3n) is 8.21. The average molecular weight is 597 g/mol. The molecule has 0 saturated carbocycles. The van der Waals surface area contributed by atoms with E-state index in [2.05, 4.69) is 25.2 Å². The van der Waals surface area contributed by atoms with Crippen molar-refractivity contribution in [3.63, 3.8) is 0 Å². The largest absolute Gasteiger partial charge is 0.496 e. The van der Waals surface area contributed by atoms with Gasteiger partial charge in [-0.3, -0.25) is 14.5 Å². The molecule has 4 aromatic rings. The van der Waals surface area contributed by atoms with Gasteiger partial charge in [0.25, 0.3) is 0 Å². The molecule has 1 saturated heterocycles. The molecule has 3 heterocycles. The van der Waals surface area contributed by atoms with Gasteiger partial charge in [-0.1, -0.05) is 60.7 Å². The van der Waals surface area contributed by atoms with Crippen LogP contribution in [0.5, 0.6) is 5.75 Å². The molecule has 8 nitrogen and oxygen atoms in total. The second-order valence-electron chi connectivity index (χ2n) is 10.9. The molecule has 222 valence electrons. The van der Waals surface area contributed by atoms with E-state index < -0.39 is 0 Å². The number of carbonyl (C=O) groups is 2. The Kier molecular flexibility index (Phi) is 8.54. The lowest BCUT2D eigenvalue weighted by Crippen LogP contribution is -2.44. The van der Waals surface area contributed by atoms with E-state index in [1.807, 2.05) is 71.4 Å². The number of methoxy groups -OCH3 is 1. The number of nitrogens with zero attached hydrogens (tertiary/aromatic N) is 3. The Morgan fingerprint density at radius 1 is 1.07 bits per heavy atom. The quantitative estimate of drug-likeness (QED) is 0.284. The van der Waals surface area contributed by atoms with E-state index in [4.69, 9.17) is 14.6 Å². The van der Waals surface area contributed by atoms with Crippen LogP contribution >= 0.6 is 11.8 Å². The van der Waals surface area contributed by atoms with Gasteiger partial charge in [0, 0.05) is 29.8 Å². The maximum Gasteiger partial charge on any atom is 0.240 e. The maximum absolute atomic E-state index is 14.0. The molecule has 0 bridgehead atoms. The number of fused-ring (bicyclic) bond motifs is 1. The van der Waals surface area contributed by atoms with Gasteiger partial charge in [0.2, 0.25) is 11.8 Å². The molecule has 9 heteroatoms. The molecule has 0 aliphatic carbocycles. The number of para-hydroxylation sites is 1. The fraction of sp³-hybridized carbons (Fsp3) is 0.324. The van der Waals surface area contributed by atoms with Crippen molar-refractivity contribution in [3.05, 3.63) is 95.1 Å². The van der Waals surface area contributed by atoms with Gasteiger partial charge in [0.15, 0.2) is 0 Å². The molecular weight excluding hydrogens is 560 g/mol. The lowest BCUT2D eigenvalue weighted by Gasteiger charge is -2.24. The number of hydrogen-bond donors (Lipinski definition) is 1. The highest BCUT2D eigenvalue weighted by molar-refractivity contribution is 8.00. The second kappa shape index (κ2) is 12.7. The van der Waals surface area contributed by atoms with E-state index in [0.717, 1.165) is 57.8 Å². The zero-order valence-electron chi connectivity index (χ0n) is 24.7. The van der Waals surface area contributed by atoms with Gasteiger partial charge < -0.3 is 14.8 Å². The smallest absolute Gasteiger partial charge is 0.240 e. The summed E-state index contributed by atoms with van der Waals surface area (Å²) in [6.45, 7) is 5.15. The van der Waals surface area contributed by atoms with Gasteiger partial charge in [-0.25, -0.2) is 4.68 Å². The lowest BCUT2D eigenvalue weighted by molar-refractivity contribution is -0.123. The van der Waals surface area contributed by atoms with Crippen molar-refractivity contribution >= 4 is 29.4 Å². The van der Waals surface area contributed by atoms with Gasteiger partial charge in [0.05, 0.1) is 35.6 Å². The van der Waals surface area contributed by atoms with Crippen LogP contribution in [0.25, 0.3) is 16.9 Å². The summed E-state index contributed by atoms with van der Waals surface area (Å²) in [5, 5.41) is 7.96. The predicted molar refractivity (Wildman–Crippen MR) is 170 cm³/mol. The number of nitrogens with one attached hydrogen (secondary N) is 1. The molecule has 2 amide bonds. The number of benzene rings is 3. The Balaban J connectivity index is 1.56. The minimum Gasteiger partial charge on any atom is -0.496 e. The molecule has 2 aliphatic heterocycles. The Hall–Kier alpha value is -4.08. The van der Waals surface area contributed by atoms with Crippen LogP contribution in [0.3, 0.4) is 0 Å². The molecule has 0 spiro atoms. The van der Waals surface area contributed by atoms with Crippen LogP contribution in [0.4, 0.5) is 5.82 Å².